The molecule has 2 aromatic rings. The largest absolute Gasteiger partial charge is 0.322 e. The van der Waals surface area contributed by atoms with Crippen molar-refractivity contribution in [1.29, 1.82) is 0 Å². The first-order valence-corrected chi connectivity index (χ1v) is 7.69. The van der Waals surface area contributed by atoms with Gasteiger partial charge in [0.05, 0.1) is 11.2 Å². The van der Waals surface area contributed by atoms with E-state index in [1.54, 1.807) is 45.0 Å². The lowest BCUT2D eigenvalue weighted by molar-refractivity contribution is 0.575. The van der Waals surface area contributed by atoms with Crippen LogP contribution in [0.25, 0.3) is 10.9 Å². The second kappa shape index (κ2) is 5.26. The van der Waals surface area contributed by atoms with Gasteiger partial charge >= 0.3 is 0 Å². The van der Waals surface area contributed by atoms with Crippen molar-refractivity contribution in [3.05, 3.63) is 40.2 Å². The lowest BCUT2D eigenvalue weighted by atomic mass is 10.1. The van der Waals surface area contributed by atoms with Gasteiger partial charge in [-0.3, -0.25) is 9.52 Å². The summed E-state index contributed by atoms with van der Waals surface area (Å²) < 4.78 is 28.4. The van der Waals surface area contributed by atoms with E-state index < -0.39 is 10.2 Å². The number of rotatable bonds is 4. The molecule has 0 unspecified atom stereocenters. The van der Waals surface area contributed by atoms with Crippen LogP contribution in [0.1, 0.15) is 19.4 Å². The molecular formula is C13H17N3O3S. The number of fused-ring (bicyclic) bond motifs is 1. The average molecular weight is 295 g/mol. The van der Waals surface area contributed by atoms with E-state index in [9.17, 15) is 13.2 Å². The van der Waals surface area contributed by atoms with E-state index in [4.69, 9.17) is 0 Å². The molecular weight excluding hydrogens is 278 g/mol. The van der Waals surface area contributed by atoms with Crippen LogP contribution < -0.4 is 15.0 Å². The van der Waals surface area contributed by atoms with Crippen molar-refractivity contribution >= 4 is 26.8 Å². The Morgan fingerprint density at radius 3 is 2.55 bits per heavy atom. The van der Waals surface area contributed by atoms with Gasteiger partial charge in [0, 0.05) is 11.6 Å². The third-order valence-electron chi connectivity index (χ3n) is 2.67. The molecule has 0 aliphatic carbocycles. The minimum absolute atomic E-state index is 0.183. The summed E-state index contributed by atoms with van der Waals surface area (Å²) in [4.78, 5) is 14.3. The molecule has 108 valence electrons. The number of H-pyrrole nitrogens is 1. The third-order valence-corrected chi connectivity index (χ3v) is 3.96. The second-order valence-corrected chi connectivity index (χ2v) is 6.41. The molecule has 1 aromatic carbocycles. The second-order valence-electron chi connectivity index (χ2n) is 4.96. The summed E-state index contributed by atoms with van der Waals surface area (Å²) in [7, 11) is -3.61. The maximum atomic E-state index is 11.8. The van der Waals surface area contributed by atoms with Gasteiger partial charge in [-0.2, -0.15) is 13.1 Å². The molecule has 1 aromatic heterocycles. The van der Waals surface area contributed by atoms with Crippen LogP contribution in [0.3, 0.4) is 0 Å². The van der Waals surface area contributed by atoms with Gasteiger partial charge in [0.2, 0.25) is 0 Å². The van der Waals surface area contributed by atoms with Crippen molar-refractivity contribution in [1.82, 2.24) is 9.71 Å². The zero-order valence-electron chi connectivity index (χ0n) is 11.5. The van der Waals surface area contributed by atoms with E-state index in [1.165, 1.54) is 0 Å². The maximum Gasteiger partial charge on any atom is 0.299 e. The van der Waals surface area contributed by atoms with Crippen molar-refractivity contribution in [2.24, 2.45) is 0 Å². The summed E-state index contributed by atoms with van der Waals surface area (Å²) in [6.45, 7) is 5.20. The molecule has 2 rings (SSSR count). The van der Waals surface area contributed by atoms with Gasteiger partial charge in [-0.05, 0) is 44.4 Å². The van der Waals surface area contributed by atoms with Gasteiger partial charge in [0.1, 0.15) is 0 Å². The summed E-state index contributed by atoms with van der Waals surface area (Å²) in [5, 5.41) is 0.849. The number of aromatic nitrogens is 1. The van der Waals surface area contributed by atoms with E-state index in [0.717, 1.165) is 5.39 Å². The molecule has 0 saturated heterocycles. The van der Waals surface area contributed by atoms with Crippen LogP contribution in [0.15, 0.2) is 29.1 Å². The molecule has 0 fully saturated rings. The maximum absolute atomic E-state index is 11.8. The summed E-state index contributed by atoms with van der Waals surface area (Å²) in [5.74, 6) is 0. The monoisotopic (exact) mass is 295 g/mol. The molecule has 0 atom stereocenters. The van der Waals surface area contributed by atoms with Gasteiger partial charge in [-0.15, -0.1) is 0 Å². The minimum atomic E-state index is -3.61. The third kappa shape index (κ3) is 3.37. The Morgan fingerprint density at radius 2 is 1.90 bits per heavy atom. The molecule has 0 radical (unpaired) electrons. The van der Waals surface area contributed by atoms with E-state index >= 15 is 0 Å². The van der Waals surface area contributed by atoms with Crippen molar-refractivity contribution in [3.63, 3.8) is 0 Å². The summed E-state index contributed by atoms with van der Waals surface area (Å²) >= 11 is 0. The quantitative estimate of drug-likeness (QED) is 0.798. The van der Waals surface area contributed by atoms with E-state index in [0.29, 0.717) is 16.8 Å². The number of hydrogen-bond donors (Lipinski definition) is 3. The summed E-state index contributed by atoms with van der Waals surface area (Å²) in [6.07, 6.45) is 0. The fraction of sp³-hybridized carbons (Fsp3) is 0.308. The van der Waals surface area contributed by atoms with Crippen LogP contribution in [-0.2, 0) is 10.2 Å². The van der Waals surface area contributed by atoms with Crippen LogP contribution in [0.5, 0.6) is 0 Å². The average Bonchev–Trinajstić information content (AvgIpc) is 2.28. The summed E-state index contributed by atoms with van der Waals surface area (Å²) in [5.41, 5.74) is 1.42. The highest BCUT2D eigenvalue weighted by Gasteiger charge is 2.11. The first-order valence-electron chi connectivity index (χ1n) is 6.20. The normalized spacial score (nSPS) is 12.0. The van der Waals surface area contributed by atoms with Crippen LogP contribution >= 0.6 is 0 Å². The van der Waals surface area contributed by atoms with Crippen LogP contribution in [0, 0.1) is 6.92 Å². The lowest BCUT2D eigenvalue weighted by Gasteiger charge is -2.12. The number of aromatic amines is 1. The van der Waals surface area contributed by atoms with Crippen molar-refractivity contribution < 1.29 is 8.42 Å². The number of aryl methyl sites for hydroxylation is 1. The summed E-state index contributed by atoms with van der Waals surface area (Å²) in [6, 6.07) is 6.56. The number of pyridine rings is 1. The van der Waals surface area contributed by atoms with E-state index in [2.05, 4.69) is 14.4 Å². The highest BCUT2D eigenvalue weighted by molar-refractivity contribution is 7.90. The fourth-order valence-electron chi connectivity index (χ4n) is 1.87. The Balaban J connectivity index is 2.37. The molecule has 7 heteroatoms. The number of benzene rings is 1. The van der Waals surface area contributed by atoms with Crippen LogP contribution in [-0.4, -0.2) is 19.4 Å². The Bertz CT molecular complexity index is 794. The Hall–Kier alpha value is -1.86. The number of anilines is 1. The van der Waals surface area contributed by atoms with Crippen LogP contribution in [0.4, 0.5) is 5.69 Å². The predicted octanol–water partition coefficient (Wildman–Crippen LogP) is 1.49. The zero-order valence-corrected chi connectivity index (χ0v) is 12.3. The smallest absolute Gasteiger partial charge is 0.299 e. The predicted molar refractivity (Wildman–Crippen MR) is 80.1 cm³/mol. The van der Waals surface area contributed by atoms with Crippen molar-refractivity contribution in [3.8, 4) is 0 Å². The molecule has 0 amide bonds. The Labute approximate surface area is 117 Å². The lowest BCUT2D eigenvalue weighted by Crippen LogP contribution is -2.35. The molecule has 6 nitrogen and oxygen atoms in total. The first-order chi connectivity index (χ1) is 9.27. The molecule has 0 aliphatic heterocycles. The highest BCUT2D eigenvalue weighted by atomic mass is 32.2. The number of hydrogen-bond acceptors (Lipinski definition) is 3. The molecule has 0 bridgehead atoms. The van der Waals surface area contributed by atoms with Gasteiger partial charge in [-0.1, -0.05) is 6.07 Å². The van der Waals surface area contributed by atoms with E-state index in [1.807, 2.05) is 0 Å². The fourth-order valence-corrected chi connectivity index (χ4v) is 2.99. The van der Waals surface area contributed by atoms with E-state index in [-0.39, 0.29) is 11.6 Å². The standard InChI is InChI=1S/C13H17N3O3S/c1-8(2)15-20(18,19)16-11-5-4-10-6-9(3)13(17)14-12(10)7-11/h4-8,15-16H,1-3H3,(H,14,17). The van der Waals surface area contributed by atoms with Crippen LogP contribution in [0.2, 0.25) is 0 Å². The van der Waals surface area contributed by atoms with Gasteiger partial charge in [0.15, 0.2) is 0 Å². The first kappa shape index (κ1) is 14.5. The molecule has 0 saturated carbocycles. The molecule has 20 heavy (non-hydrogen) atoms. The Morgan fingerprint density at radius 1 is 1.20 bits per heavy atom. The number of nitrogens with one attached hydrogen (secondary N) is 3. The molecule has 3 N–H and O–H groups in total. The van der Waals surface area contributed by atoms with Gasteiger partial charge in [0.25, 0.3) is 15.8 Å². The van der Waals surface area contributed by atoms with Crippen molar-refractivity contribution in [2.45, 2.75) is 26.8 Å². The minimum Gasteiger partial charge on any atom is -0.322 e. The highest BCUT2D eigenvalue weighted by Crippen LogP contribution is 2.17. The molecule has 0 aliphatic rings. The topological polar surface area (TPSA) is 91.1 Å². The van der Waals surface area contributed by atoms with Gasteiger partial charge < -0.3 is 4.98 Å². The zero-order chi connectivity index (χ0) is 14.9. The van der Waals surface area contributed by atoms with Gasteiger partial charge in [-0.25, -0.2) is 0 Å². The molecule has 0 spiro atoms. The molecule has 1 heterocycles. The Kier molecular flexibility index (Phi) is 3.82. The van der Waals surface area contributed by atoms with Crippen molar-refractivity contribution in [2.75, 3.05) is 4.72 Å². The SMILES string of the molecule is Cc1cc2ccc(NS(=O)(=O)NC(C)C)cc2[nH]c1=O.